The zero-order valence-electron chi connectivity index (χ0n) is 17.4. The van der Waals surface area contributed by atoms with E-state index in [9.17, 15) is 0 Å². The van der Waals surface area contributed by atoms with Gasteiger partial charge in [0.25, 0.3) is 0 Å². The van der Waals surface area contributed by atoms with Crippen LogP contribution >= 0.6 is 0 Å². The minimum Gasteiger partial charge on any atom is -0.494 e. The van der Waals surface area contributed by atoms with Crippen molar-refractivity contribution in [3.8, 4) is 17.1 Å². The molecule has 0 radical (unpaired) electrons. The molecule has 0 aliphatic carbocycles. The molecule has 29 heavy (non-hydrogen) atoms. The molecule has 0 aliphatic heterocycles. The number of hydrogen-bond acceptors (Lipinski definition) is 1. The predicted octanol–water partition coefficient (Wildman–Crippen LogP) is 6.65. The Morgan fingerprint density at radius 3 is 2.55 bits per heavy atom. The summed E-state index contributed by atoms with van der Waals surface area (Å²) >= 11 is 0. The highest BCUT2D eigenvalue weighted by atomic mass is 16.5. The molecule has 0 aliphatic rings. The van der Waals surface area contributed by atoms with Gasteiger partial charge in [-0.15, -0.1) is 0 Å². The van der Waals surface area contributed by atoms with Crippen LogP contribution in [0.5, 0.6) is 5.75 Å². The van der Waals surface area contributed by atoms with Crippen molar-refractivity contribution in [2.75, 3.05) is 6.61 Å². The van der Waals surface area contributed by atoms with E-state index < -0.39 is 0 Å². The van der Waals surface area contributed by atoms with Gasteiger partial charge < -0.3 is 14.3 Å². The first-order chi connectivity index (χ1) is 14.1. The van der Waals surface area contributed by atoms with Crippen LogP contribution in [0.25, 0.3) is 23.5 Å². The van der Waals surface area contributed by atoms with Crippen molar-refractivity contribution < 1.29 is 4.74 Å². The molecule has 3 rings (SSSR count). The summed E-state index contributed by atoms with van der Waals surface area (Å²) in [7, 11) is 2.08. The molecule has 3 aromatic rings. The molecule has 148 valence electrons. The van der Waals surface area contributed by atoms with Gasteiger partial charge >= 0.3 is 0 Å². The SMILES string of the molecule is C=C(/C=C\C(C)=C\c1ccc(-c2ccc[nH]2)n1C)/C=C/c1ccc(OCC)cc1. The minimum atomic E-state index is 0.680. The number of H-pyrrole nitrogens is 1. The lowest BCUT2D eigenvalue weighted by molar-refractivity contribution is 0.340. The topological polar surface area (TPSA) is 29.9 Å². The number of nitrogens with one attached hydrogen (secondary N) is 1. The maximum atomic E-state index is 5.47. The van der Waals surface area contributed by atoms with E-state index in [1.165, 1.54) is 11.3 Å². The van der Waals surface area contributed by atoms with Gasteiger partial charge in [-0.2, -0.15) is 0 Å². The Bertz CT molecular complexity index is 1030. The molecule has 3 heteroatoms. The largest absolute Gasteiger partial charge is 0.494 e. The number of aromatic amines is 1. The first-order valence-electron chi connectivity index (χ1n) is 9.82. The average molecular weight is 385 g/mol. The highest BCUT2D eigenvalue weighted by molar-refractivity contribution is 5.63. The molecule has 0 amide bonds. The third-order valence-electron chi connectivity index (χ3n) is 4.65. The lowest BCUT2D eigenvalue weighted by atomic mass is 10.1. The number of benzene rings is 1. The van der Waals surface area contributed by atoms with E-state index >= 15 is 0 Å². The summed E-state index contributed by atoms with van der Waals surface area (Å²) in [5.74, 6) is 0.893. The van der Waals surface area contributed by atoms with Crippen molar-refractivity contribution in [1.82, 2.24) is 9.55 Å². The third-order valence-corrected chi connectivity index (χ3v) is 4.65. The summed E-state index contributed by atoms with van der Waals surface area (Å²) in [5, 5.41) is 0. The molecule has 0 saturated heterocycles. The first kappa shape index (κ1) is 20.3. The van der Waals surface area contributed by atoms with Crippen molar-refractivity contribution in [3.63, 3.8) is 0 Å². The Hall–Kier alpha value is -3.46. The van der Waals surface area contributed by atoms with Gasteiger partial charge in [0.1, 0.15) is 5.75 Å². The van der Waals surface area contributed by atoms with Gasteiger partial charge in [-0.05, 0) is 73.0 Å². The third kappa shape index (κ3) is 5.52. The zero-order chi connectivity index (χ0) is 20.6. The normalized spacial score (nSPS) is 12.2. The summed E-state index contributed by atoms with van der Waals surface area (Å²) in [4.78, 5) is 3.26. The van der Waals surface area contributed by atoms with Crippen molar-refractivity contribution in [2.45, 2.75) is 13.8 Å². The van der Waals surface area contributed by atoms with Gasteiger partial charge in [-0.3, -0.25) is 0 Å². The highest BCUT2D eigenvalue weighted by Gasteiger charge is 2.05. The van der Waals surface area contributed by atoms with Crippen LogP contribution in [-0.2, 0) is 7.05 Å². The van der Waals surface area contributed by atoms with Crippen molar-refractivity contribution in [1.29, 1.82) is 0 Å². The van der Waals surface area contributed by atoms with Crippen LogP contribution in [0.4, 0.5) is 0 Å². The van der Waals surface area contributed by atoms with E-state index in [1.54, 1.807) is 0 Å². The fourth-order valence-electron chi connectivity index (χ4n) is 3.05. The Morgan fingerprint density at radius 1 is 1.07 bits per heavy atom. The van der Waals surface area contributed by atoms with Crippen molar-refractivity contribution in [2.24, 2.45) is 7.05 Å². The number of rotatable bonds is 8. The van der Waals surface area contributed by atoms with Crippen LogP contribution in [0.3, 0.4) is 0 Å². The number of ether oxygens (including phenoxy) is 1. The lowest BCUT2D eigenvalue weighted by Gasteiger charge is -2.04. The van der Waals surface area contributed by atoms with Crippen LogP contribution in [0.2, 0.25) is 0 Å². The minimum absolute atomic E-state index is 0.680. The van der Waals surface area contributed by atoms with Crippen LogP contribution in [-0.4, -0.2) is 16.2 Å². The molecule has 3 nitrogen and oxygen atoms in total. The monoisotopic (exact) mass is 384 g/mol. The molecule has 1 N–H and O–H groups in total. The molecular formula is C26H28N2O. The Kier molecular flexibility index (Phi) is 6.75. The number of nitrogens with zero attached hydrogens (tertiary/aromatic N) is 1. The zero-order valence-corrected chi connectivity index (χ0v) is 17.4. The second-order valence-corrected chi connectivity index (χ2v) is 6.92. The molecule has 0 saturated carbocycles. The van der Waals surface area contributed by atoms with E-state index in [-0.39, 0.29) is 0 Å². The average Bonchev–Trinajstić information content (AvgIpc) is 3.36. The number of allylic oxidation sites excluding steroid dienone is 5. The Balaban J connectivity index is 1.62. The maximum Gasteiger partial charge on any atom is 0.119 e. The second kappa shape index (κ2) is 9.65. The number of hydrogen-bond donors (Lipinski definition) is 1. The molecule has 0 atom stereocenters. The van der Waals surface area contributed by atoms with E-state index in [1.807, 2.05) is 55.6 Å². The van der Waals surface area contributed by atoms with E-state index in [0.29, 0.717) is 6.61 Å². The summed E-state index contributed by atoms with van der Waals surface area (Å²) in [6.45, 7) is 8.88. The summed E-state index contributed by atoms with van der Waals surface area (Å²) in [6, 6.07) is 16.4. The molecule has 1 aromatic carbocycles. The quantitative estimate of drug-likeness (QED) is 0.433. The standard InChI is InChI=1S/C26H28N2O/c1-5-29-24-15-12-22(13-16-24)11-10-20(2)8-9-21(3)19-23-14-17-26(28(23)4)25-7-6-18-27-25/h6-19,27H,2,5H2,1,3-4H3/b9-8-,11-10+,21-19+. The van der Waals surface area contributed by atoms with Crippen LogP contribution in [0.1, 0.15) is 25.1 Å². The van der Waals surface area contributed by atoms with Crippen LogP contribution in [0.15, 0.2) is 90.7 Å². The molecule has 0 fully saturated rings. The van der Waals surface area contributed by atoms with Gasteiger partial charge in [0.2, 0.25) is 0 Å². The summed E-state index contributed by atoms with van der Waals surface area (Å²) in [5.41, 5.74) is 6.68. The summed E-state index contributed by atoms with van der Waals surface area (Å²) < 4.78 is 7.65. The molecule has 0 bridgehead atoms. The first-order valence-corrected chi connectivity index (χ1v) is 9.82. The molecular weight excluding hydrogens is 356 g/mol. The van der Waals surface area contributed by atoms with Gasteiger partial charge in [-0.25, -0.2) is 0 Å². The van der Waals surface area contributed by atoms with Gasteiger partial charge in [0, 0.05) is 18.9 Å². The molecule has 2 aromatic heterocycles. The van der Waals surface area contributed by atoms with Gasteiger partial charge in [-0.1, -0.05) is 43.0 Å². The van der Waals surface area contributed by atoms with E-state index in [2.05, 4.69) is 66.5 Å². The van der Waals surface area contributed by atoms with Crippen LogP contribution in [0, 0.1) is 0 Å². The summed E-state index contributed by atoms with van der Waals surface area (Å²) in [6.07, 6.45) is 12.3. The second-order valence-electron chi connectivity index (χ2n) is 6.92. The Labute approximate surface area is 173 Å². The Morgan fingerprint density at radius 2 is 1.86 bits per heavy atom. The fourth-order valence-corrected chi connectivity index (χ4v) is 3.05. The molecule has 0 spiro atoms. The highest BCUT2D eigenvalue weighted by Crippen LogP contribution is 2.21. The van der Waals surface area contributed by atoms with Gasteiger partial charge in [0.05, 0.1) is 18.0 Å². The lowest BCUT2D eigenvalue weighted by Crippen LogP contribution is -1.94. The molecule has 0 unspecified atom stereocenters. The van der Waals surface area contributed by atoms with Crippen molar-refractivity contribution in [3.05, 3.63) is 102 Å². The van der Waals surface area contributed by atoms with Crippen LogP contribution < -0.4 is 4.74 Å². The maximum absolute atomic E-state index is 5.47. The predicted molar refractivity (Wildman–Crippen MR) is 124 cm³/mol. The molecule has 2 heterocycles. The smallest absolute Gasteiger partial charge is 0.119 e. The number of aromatic nitrogens is 2. The van der Waals surface area contributed by atoms with Gasteiger partial charge in [0.15, 0.2) is 0 Å². The van der Waals surface area contributed by atoms with Crippen molar-refractivity contribution >= 4 is 12.2 Å². The van der Waals surface area contributed by atoms with E-state index in [0.717, 1.165) is 28.3 Å². The fraction of sp³-hybridized carbons (Fsp3) is 0.154. The van der Waals surface area contributed by atoms with E-state index in [4.69, 9.17) is 4.74 Å².